The Morgan fingerprint density at radius 3 is 3.05 bits per heavy atom. The summed E-state index contributed by atoms with van der Waals surface area (Å²) < 4.78 is 5.08. The van der Waals surface area contributed by atoms with Gasteiger partial charge in [-0.05, 0) is 50.4 Å². The first-order chi connectivity index (χ1) is 9.31. The summed E-state index contributed by atoms with van der Waals surface area (Å²) in [5, 5.41) is 6.28. The molecule has 19 heavy (non-hydrogen) atoms. The standard InChI is InChI=1S/C14H21N3O2/c1-19-14-12(3-2-7-17-14)13(18)16-10-6-11-4-8-15-9-5-11/h2-3,7,11,15H,4-6,8-10H2,1H3,(H,16,18). The number of hydrogen-bond donors (Lipinski definition) is 2. The Morgan fingerprint density at radius 1 is 1.53 bits per heavy atom. The van der Waals surface area contributed by atoms with Gasteiger partial charge in [0.05, 0.1) is 7.11 Å². The van der Waals surface area contributed by atoms with Crippen molar-refractivity contribution in [3.63, 3.8) is 0 Å². The van der Waals surface area contributed by atoms with Crippen LogP contribution in [0.4, 0.5) is 0 Å². The lowest BCUT2D eigenvalue weighted by molar-refractivity contribution is 0.0947. The first kappa shape index (κ1) is 13.8. The molecule has 1 aromatic rings. The minimum absolute atomic E-state index is 0.112. The van der Waals surface area contributed by atoms with Crippen LogP contribution in [0.1, 0.15) is 29.6 Å². The summed E-state index contributed by atoms with van der Waals surface area (Å²) in [6.45, 7) is 2.89. The second kappa shape index (κ2) is 7.09. The van der Waals surface area contributed by atoms with Gasteiger partial charge in [0.25, 0.3) is 5.91 Å². The third-order valence-electron chi connectivity index (χ3n) is 3.51. The fraction of sp³-hybridized carbons (Fsp3) is 0.571. The van der Waals surface area contributed by atoms with Crippen LogP contribution in [0.5, 0.6) is 5.88 Å². The smallest absolute Gasteiger partial charge is 0.256 e. The molecule has 2 N–H and O–H groups in total. The molecule has 1 amide bonds. The molecule has 0 atom stereocenters. The number of nitrogens with zero attached hydrogens (tertiary/aromatic N) is 1. The number of nitrogens with one attached hydrogen (secondary N) is 2. The lowest BCUT2D eigenvalue weighted by Crippen LogP contribution is -2.31. The van der Waals surface area contributed by atoms with Gasteiger partial charge in [0, 0.05) is 12.7 Å². The highest BCUT2D eigenvalue weighted by atomic mass is 16.5. The largest absolute Gasteiger partial charge is 0.480 e. The van der Waals surface area contributed by atoms with Crippen LogP contribution in [-0.4, -0.2) is 37.6 Å². The molecule has 1 aliphatic rings. The number of hydrogen-bond acceptors (Lipinski definition) is 4. The number of amides is 1. The zero-order chi connectivity index (χ0) is 13.5. The van der Waals surface area contributed by atoms with Gasteiger partial charge in [-0.2, -0.15) is 0 Å². The van der Waals surface area contributed by atoms with Crippen molar-refractivity contribution >= 4 is 5.91 Å². The van der Waals surface area contributed by atoms with Crippen molar-refractivity contribution < 1.29 is 9.53 Å². The molecule has 1 aliphatic heterocycles. The van der Waals surface area contributed by atoms with E-state index in [9.17, 15) is 4.79 Å². The van der Waals surface area contributed by atoms with Crippen molar-refractivity contribution in [3.8, 4) is 5.88 Å². The van der Waals surface area contributed by atoms with Gasteiger partial charge >= 0.3 is 0 Å². The predicted molar refractivity (Wildman–Crippen MR) is 73.3 cm³/mol. The van der Waals surface area contributed by atoms with E-state index in [1.165, 1.54) is 20.0 Å². The van der Waals surface area contributed by atoms with E-state index in [0.29, 0.717) is 18.0 Å². The highest BCUT2D eigenvalue weighted by Crippen LogP contribution is 2.16. The molecule has 0 aliphatic carbocycles. The summed E-state index contributed by atoms with van der Waals surface area (Å²) in [6, 6.07) is 3.47. The van der Waals surface area contributed by atoms with E-state index in [1.807, 2.05) is 0 Å². The van der Waals surface area contributed by atoms with Gasteiger partial charge in [0.1, 0.15) is 5.56 Å². The zero-order valence-corrected chi connectivity index (χ0v) is 11.3. The summed E-state index contributed by atoms with van der Waals surface area (Å²) in [5.41, 5.74) is 0.496. The lowest BCUT2D eigenvalue weighted by Gasteiger charge is -2.22. The molecule has 1 fully saturated rings. The van der Waals surface area contributed by atoms with E-state index in [1.54, 1.807) is 18.3 Å². The van der Waals surface area contributed by atoms with E-state index < -0.39 is 0 Å². The van der Waals surface area contributed by atoms with E-state index in [4.69, 9.17) is 4.74 Å². The molecule has 0 unspecified atom stereocenters. The molecular weight excluding hydrogens is 242 g/mol. The molecule has 2 heterocycles. The van der Waals surface area contributed by atoms with E-state index in [-0.39, 0.29) is 5.91 Å². The Balaban J connectivity index is 1.80. The first-order valence-corrected chi connectivity index (χ1v) is 6.79. The molecule has 5 heteroatoms. The Kier molecular flexibility index (Phi) is 5.15. The van der Waals surface area contributed by atoms with Gasteiger partial charge in [-0.15, -0.1) is 0 Å². The molecule has 0 spiro atoms. The number of carbonyl (C=O) groups excluding carboxylic acids is 1. The first-order valence-electron chi connectivity index (χ1n) is 6.79. The SMILES string of the molecule is COc1ncccc1C(=O)NCCC1CCNCC1. The van der Waals surface area contributed by atoms with Crippen LogP contribution in [0.2, 0.25) is 0 Å². The molecule has 5 nitrogen and oxygen atoms in total. The molecule has 0 radical (unpaired) electrons. The summed E-state index contributed by atoms with van der Waals surface area (Å²) in [5.74, 6) is 0.984. The van der Waals surface area contributed by atoms with Crippen molar-refractivity contribution in [2.75, 3.05) is 26.7 Å². The number of piperidine rings is 1. The van der Waals surface area contributed by atoms with Gasteiger partial charge < -0.3 is 15.4 Å². The van der Waals surface area contributed by atoms with E-state index in [0.717, 1.165) is 25.4 Å². The third kappa shape index (κ3) is 3.92. The van der Waals surface area contributed by atoms with Crippen LogP contribution >= 0.6 is 0 Å². The van der Waals surface area contributed by atoms with Crippen molar-refractivity contribution in [3.05, 3.63) is 23.9 Å². The van der Waals surface area contributed by atoms with Crippen molar-refractivity contribution in [1.29, 1.82) is 0 Å². The van der Waals surface area contributed by atoms with Gasteiger partial charge in [-0.1, -0.05) is 0 Å². The molecule has 1 saturated heterocycles. The van der Waals surface area contributed by atoms with Crippen LogP contribution in [-0.2, 0) is 0 Å². The Bertz CT molecular complexity index is 417. The van der Waals surface area contributed by atoms with Gasteiger partial charge in [0.2, 0.25) is 5.88 Å². The summed E-state index contributed by atoms with van der Waals surface area (Å²) in [6.07, 6.45) is 5.05. The summed E-state index contributed by atoms with van der Waals surface area (Å²) >= 11 is 0. The molecular formula is C14H21N3O2. The number of aromatic nitrogens is 1. The summed E-state index contributed by atoms with van der Waals surface area (Å²) in [7, 11) is 1.52. The third-order valence-corrected chi connectivity index (χ3v) is 3.51. The number of carbonyl (C=O) groups is 1. The predicted octanol–water partition coefficient (Wildman–Crippen LogP) is 1.21. The number of rotatable bonds is 5. The normalized spacial score (nSPS) is 16.1. The average molecular weight is 263 g/mol. The Morgan fingerprint density at radius 2 is 2.32 bits per heavy atom. The van der Waals surface area contributed by atoms with Gasteiger partial charge in [-0.25, -0.2) is 4.98 Å². The average Bonchev–Trinajstić information content (AvgIpc) is 2.48. The maximum atomic E-state index is 12.0. The van der Waals surface area contributed by atoms with Gasteiger partial charge in [0.15, 0.2) is 0 Å². The molecule has 1 aromatic heterocycles. The number of pyridine rings is 1. The van der Waals surface area contributed by atoms with E-state index in [2.05, 4.69) is 15.6 Å². The van der Waals surface area contributed by atoms with Crippen molar-refractivity contribution in [2.24, 2.45) is 5.92 Å². The topological polar surface area (TPSA) is 63.2 Å². The van der Waals surface area contributed by atoms with Crippen LogP contribution in [0, 0.1) is 5.92 Å². The minimum atomic E-state index is -0.112. The lowest BCUT2D eigenvalue weighted by atomic mass is 9.95. The maximum Gasteiger partial charge on any atom is 0.256 e. The monoisotopic (exact) mass is 263 g/mol. The van der Waals surface area contributed by atoms with Crippen LogP contribution < -0.4 is 15.4 Å². The molecule has 0 aromatic carbocycles. The second-order valence-electron chi connectivity index (χ2n) is 4.80. The molecule has 2 rings (SSSR count). The second-order valence-corrected chi connectivity index (χ2v) is 4.80. The quantitative estimate of drug-likeness (QED) is 0.838. The van der Waals surface area contributed by atoms with Crippen LogP contribution in [0.15, 0.2) is 18.3 Å². The Labute approximate surface area is 113 Å². The van der Waals surface area contributed by atoms with Gasteiger partial charge in [-0.3, -0.25) is 4.79 Å². The van der Waals surface area contributed by atoms with Crippen LogP contribution in [0.25, 0.3) is 0 Å². The molecule has 104 valence electrons. The Hall–Kier alpha value is -1.62. The fourth-order valence-electron chi connectivity index (χ4n) is 2.38. The molecule has 0 bridgehead atoms. The minimum Gasteiger partial charge on any atom is -0.480 e. The van der Waals surface area contributed by atoms with E-state index >= 15 is 0 Å². The van der Waals surface area contributed by atoms with Crippen LogP contribution in [0.3, 0.4) is 0 Å². The zero-order valence-electron chi connectivity index (χ0n) is 11.3. The fourth-order valence-corrected chi connectivity index (χ4v) is 2.38. The highest BCUT2D eigenvalue weighted by Gasteiger charge is 2.15. The van der Waals surface area contributed by atoms with Crippen molar-refractivity contribution in [2.45, 2.75) is 19.3 Å². The number of ether oxygens (including phenoxy) is 1. The molecule has 0 saturated carbocycles. The highest BCUT2D eigenvalue weighted by molar-refractivity contribution is 5.96. The van der Waals surface area contributed by atoms with Crippen molar-refractivity contribution in [1.82, 2.24) is 15.6 Å². The number of methoxy groups -OCH3 is 1. The summed E-state index contributed by atoms with van der Waals surface area (Å²) in [4.78, 5) is 16.0. The maximum absolute atomic E-state index is 12.0.